The van der Waals surface area contributed by atoms with Gasteiger partial charge in [-0.1, -0.05) is 6.92 Å². The van der Waals surface area contributed by atoms with Gasteiger partial charge in [-0.25, -0.2) is 0 Å². The van der Waals surface area contributed by atoms with Crippen molar-refractivity contribution in [2.75, 3.05) is 13.1 Å². The second kappa shape index (κ2) is 3.35. The molecular weight excluding hydrogens is 124 g/mol. The number of nitrogens with two attached hydrogens (primary N) is 1. The van der Waals surface area contributed by atoms with Crippen LogP contribution in [-0.4, -0.2) is 30.1 Å². The lowest BCUT2D eigenvalue weighted by Gasteiger charge is -2.46. The normalized spacial score (nSPS) is 33.9. The monoisotopic (exact) mass is 142 g/mol. The van der Waals surface area contributed by atoms with Crippen LogP contribution in [0.15, 0.2) is 0 Å². The van der Waals surface area contributed by atoms with Crippen LogP contribution in [0, 0.1) is 0 Å². The molecule has 0 bridgehead atoms. The molecule has 1 rings (SSSR count). The van der Waals surface area contributed by atoms with Crippen molar-refractivity contribution in [2.45, 2.75) is 38.8 Å². The molecule has 0 spiro atoms. The van der Waals surface area contributed by atoms with E-state index < -0.39 is 0 Å². The van der Waals surface area contributed by atoms with Gasteiger partial charge in [0.2, 0.25) is 0 Å². The molecule has 10 heavy (non-hydrogen) atoms. The highest BCUT2D eigenvalue weighted by molar-refractivity contribution is 4.89. The molecule has 0 aromatic rings. The lowest BCUT2D eigenvalue weighted by atomic mass is 9.94. The van der Waals surface area contributed by atoms with Crippen molar-refractivity contribution in [3.05, 3.63) is 0 Å². The zero-order chi connectivity index (χ0) is 7.56. The predicted molar refractivity (Wildman–Crippen MR) is 43.9 cm³/mol. The maximum atomic E-state index is 5.58. The van der Waals surface area contributed by atoms with Gasteiger partial charge in [-0.15, -0.1) is 0 Å². The molecule has 60 valence electrons. The van der Waals surface area contributed by atoms with Crippen LogP contribution < -0.4 is 5.73 Å². The lowest BCUT2D eigenvalue weighted by Crippen LogP contribution is -2.57. The predicted octanol–water partition coefficient (Wildman–Crippen LogP) is 0.818. The molecule has 2 nitrogen and oxygen atoms in total. The van der Waals surface area contributed by atoms with Crippen LogP contribution in [0.3, 0.4) is 0 Å². The van der Waals surface area contributed by atoms with E-state index in [-0.39, 0.29) is 0 Å². The molecule has 2 heteroatoms. The largest absolute Gasteiger partial charge is 0.329 e. The Morgan fingerprint density at radius 3 is 2.70 bits per heavy atom. The Morgan fingerprint density at radius 2 is 2.30 bits per heavy atom. The number of rotatable bonds is 3. The van der Waals surface area contributed by atoms with E-state index >= 15 is 0 Å². The molecule has 0 aliphatic carbocycles. The Kier molecular flexibility index (Phi) is 2.69. The molecule has 0 aromatic carbocycles. The quantitative estimate of drug-likeness (QED) is 0.632. The fourth-order valence-corrected chi connectivity index (χ4v) is 1.78. The standard InChI is InChI=1S/C8H18N2/c1-3-4-10-7(2)5-8(10)6-9/h7-8H,3-6,9H2,1-2H3/t7-,8?/m1/s1. The van der Waals surface area contributed by atoms with E-state index in [0.29, 0.717) is 6.04 Å². The average molecular weight is 142 g/mol. The second-order valence-electron chi connectivity index (χ2n) is 3.21. The van der Waals surface area contributed by atoms with E-state index in [1.165, 1.54) is 19.4 Å². The Labute approximate surface area is 63.4 Å². The fraction of sp³-hybridized carbons (Fsp3) is 1.00. The van der Waals surface area contributed by atoms with Gasteiger partial charge in [0.1, 0.15) is 0 Å². The van der Waals surface area contributed by atoms with Crippen molar-refractivity contribution in [3.8, 4) is 0 Å². The number of likely N-dealkylation sites (tertiary alicyclic amines) is 1. The third-order valence-electron chi connectivity index (χ3n) is 2.40. The summed E-state index contributed by atoms with van der Waals surface area (Å²) in [7, 11) is 0. The van der Waals surface area contributed by atoms with E-state index in [2.05, 4.69) is 18.7 Å². The Hall–Kier alpha value is -0.0800. The van der Waals surface area contributed by atoms with E-state index in [0.717, 1.165) is 12.6 Å². The van der Waals surface area contributed by atoms with Crippen LogP contribution in [-0.2, 0) is 0 Å². The molecule has 1 saturated heterocycles. The Balaban J connectivity index is 2.25. The molecule has 0 aromatic heterocycles. The zero-order valence-corrected chi connectivity index (χ0v) is 7.01. The van der Waals surface area contributed by atoms with Crippen LogP contribution in [0.1, 0.15) is 26.7 Å². The van der Waals surface area contributed by atoms with Gasteiger partial charge in [-0.2, -0.15) is 0 Å². The van der Waals surface area contributed by atoms with Gasteiger partial charge < -0.3 is 5.73 Å². The van der Waals surface area contributed by atoms with Gasteiger partial charge in [0.15, 0.2) is 0 Å². The van der Waals surface area contributed by atoms with E-state index in [9.17, 15) is 0 Å². The van der Waals surface area contributed by atoms with Gasteiger partial charge in [0.05, 0.1) is 0 Å². The molecule has 2 N–H and O–H groups in total. The maximum Gasteiger partial charge on any atom is 0.0236 e. The summed E-state index contributed by atoms with van der Waals surface area (Å²) in [5.41, 5.74) is 5.58. The lowest BCUT2D eigenvalue weighted by molar-refractivity contribution is 0.0322. The zero-order valence-electron chi connectivity index (χ0n) is 7.01. The molecule has 0 saturated carbocycles. The summed E-state index contributed by atoms with van der Waals surface area (Å²) in [5.74, 6) is 0. The minimum Gasteiger partial charge on any atom is -0.329 e. The number of hydrogen-bond donors (Lipinski definition) is 1. The van der Waals surface area contributed by atoms with Crippen molar-refractivity contribution < 1.29 is 0 Å². The summed E-state index contributed by atoms with van der Waals surface area (Å²) in [4.78, 5) is 2.50. The van der Waals surface area contributed by atoms with Crippen molar-refractivity contribution in [1.29, 1.82) is 0 Å². The van der Waals surface area contributed by atoms with Crippen molar-refractivity contribution in [1.82, 2.24) is 4.90 Å². The second-order valence-corrected chi connectivity index (χ2v) is 3.21. The van der Waals surface area contributed by atoms with E-state index in [1.807, 2.05) is 0 Å². The van der Waals surface area contributed by atoms with Crippen LogP contribution in [0.25, 0.3) is 0 Å². The van der Waals surface area contributed by atoms with Crippen LogP contribution in [0.5, 0.6) is 0 Å². The highest BCUT2D eigenvalue weighted by atomic mass is 15.2. The SMILES string of the molecule is CCCN1C(CN)C[C@H]1C. The molecule has 2 atom stereocenters. The molecule has 0 amide bonds. The minimum atomic E-state index is 0.690. The van der Waals surface area contributed by atoms with Crippen LogP contribution in [0.4, 0.5) is 0 Å². The van der Waals surface area contributed by atoms with Crippen molar-refractivity contribution in [3.63, 3.8) is 0 Å². The number of nitrogens with zero attached hydrogens (tertiary/aromatic N) is 1. The van der Waals surface area contributed by atoms with Gasteiger partial charge >= 0.3 is 0 Å². The summed E-state index contributed by atoms with van der Waals surface area (Å²) in [6.07, 6.45) is 2.55. The first-order valence-corrected chi connectivity index (χ1v) is 4.25. The molecule has 1 unspecified atom stereocenters. The first-order chi connectivity index (χ1) is 4.79. The third-order valence-corrected chi connectivity index (χ3v) is 2.40. The highest BCUT2D eigenvalue weighted by Crippen LogP contribution is 2.23. The average Bonchev–Trinajstić information content (AvgIpc) is 1.95. The summed E-state index contributed by atoms with van der Waals surface area (Å²) >= 11 is 0. The summed E-state index contributed by atoms with van der Waals surface area (Å²) in [6.45, 7) is 6.56. The van der Waals surface area contributed by atoms with Crippen LogP contribution in [0.2, 0.25) is 0 Å². The summed E-state index contributed by atoms with van der Waals surface area (Å²) in [6, 6.07) is 1.48. The molecule has 1 fully saturated rings. The first kappa shape index (κ1) is 8.02. The highest BCUT2D eigenvalue weighted by Gasteiger charge is 2.32. The first-order valence-electron chi connectivity index (χ1n) is 4.25. The van der Waals surface area contributed by atoms with Gasteiger partial charge in [-0.05, 0) is 26.3 Å². The molecular formula is C8H18N2. The fourth-order valence-electron chi connectivity index (χ4n) is 1.78. The molecule has 1 aliphatic rings. The summed E-state index contributed by atoms with van der Waals surface area (Å²) < 4.78 is 0. The topological polar surface area (TPSA) is 29.3 Å². The molecule has 1 heterocycles. The minimum absolute atomic E-state index is 0.690. The smallest absolute Gasteiger partial charge is 0.0236 e. The van der Waals surface area contributed by atoms with Gasteiger partial charge in [-0.3, -0.25) is 4.90 Å². The Bertz CT molecular complexity index is 103. The van der Waals surface area contributed by atoms with Gasteiger partial charge in [0, 0.05) is 18.6 Å². The van der Waals surface area contributed by atoms with Gasteiger partial charge in [0.25, 0.3) is 0 Å². The summed E-state index contributed by atoms with van der Waals surface area (Å²) in [5, 5.41) is 0. The van der Waals surface area contributed by atoms with E-state index in [4.69, 9.17) is 5.73 Å². The maximum absolute atomic E-state index is 5.58. The number of hydrogen-bond acceptors (Lipinski definition) is 2. The van der Waals surface area contributed by atoms with E-state index in [1.54, 1.807) is 0 Å². The molecule has 0 radical (unpaired) electrons. The van der Waals surface area contributed by atoms with Crippen molar-refractivity contribution in [2.24, 2.45) is 5.73 Å². The van der Waals surface area contributed by atoms with Crippen LogP contribution >= 0.6 is 0 Å². The molecule has 1 aliphatic heterocycles. The Morgan fingerprint density at radius 1 is 1.60 bits per heavy atom. The third kappa shape index (κ3) is 1.32. The van der Waals surface area contributed by atoms with Crippen molar-refractivity contribution >= 4 is 0 Å².